The molecule has 0 aliphatic rings. The molecule has 31 heavy (non-hydrogen) atoms. The number of fused-ring (bicyclic) bond motifs is 2. The summed E-state index contributed by atoms with van der Waals surface area (Å²) in [5.74, 6) is 1.86. The molecule has 0 saturated heterocycles. The molecule has 6 aromatic rings. The van der Waals surface area contributed by atoms with Crippen LogP contribution < -0.4 is 0 Å². The van der Waals surface area contributed by atoms with E-state index in [1.165, 1.54) is 21.5 Å². The zero-order chi connectivity index (χ0) is 21.5. The van der Waals surface area contributed by atoms with Gasteiger partial charge in [-0.2, -0.15) is 0 Å². The van der Waals surface area contributed by atoms with Crippen molar-refractivity contribution < 1.29 is 25.9 Å². The second-order valence-electron chi connectivity index (χ2n) is 6.77. The SMILES string of the molecule is [Cl][Ti][Cl].c1coc(-c2cc3ccccc3[cH-]2)c1.c1coc(-c2cc3ccccc3[cH-]2)c1. The van der Waals surface area contributed by atoms with E-state index < -0.39 is 17.0 Å². The van der Waals surface area contributed by atoms with Crippen molar-refractivity contribution in [1.82, 2.24) is 0 Å². The van der Waals surface area contributed by atoms with Gasteiger partial charge >= 0.3 is 35.6 Å². The molecule has 0 amide bonds. The quantitative estimate of drug-likeness (QED) is 0.182. The van der Waals surface area contributed by atoms with Crippen LogP contribution in [-0.2, 0) is 17.0 Å². The third kappa shape index (κ3) is 5.41. The largest absolute Gasteiger partial charge is 0.499 e. The van der Waals surface area contributed by atoms with Crippen LogP contribution in [0.15, 0.2) is 118 Å². The number of benzene rings is 2. The van der Waals surface area contributed by atoms with Crippen molar-refractivity contribution in [3.63, 3.8) is 0 Å². The van der Waals surface area contributed by atoms with Crippen LogP contribution in [0.3, 0.4) is 0 Å². The van der Waals surface area contributed by atoms with Gasteiger partial charge in [-0.05, 0) is 12.1 Å². The van der Waals surface area contributed by atoms with Gasteiger partial charge in [0.05, 0.1) is 24.0 Å². The Morgan fingerprint density at radius 2 is 1.00 bits per heavy atom. The molecule has 6 rings (SSSR count). The van der Waals surface area contributed by atoms with Crippen molar-refractivity contribution in [2.24, 2.45) is 0 Å². The molecule has 0 unspecified atom stereocenters. The molecule has 0 spiro atoms. The molecule has 0 radical (unpaired) electrons. The Morgan fingerprint density at radius 1 is 0.581 bits per heavy atom. The zero-order valence-corrected chi connectivity index (χ0v) is 19.5. The fourth-order valence-electron chi connectivity index (χ4n) is 3.47. The Labute approximate surface area is 197 Å². The molecule has 0 fully saturated rings. The number of hydrogen-bond acceptors (Lipinski definition) is 2. The van der Waals surface area contributed by atoms with Gasteiger partial charge in [0.1, 0.15) is 0 Å². The molecule has 0 aliphatic heterocycles. The summed E-state index contributed by atoms with van der Waals surface area (Å²) in [7, 11) is 9.78. The van der Waals surface area contributed by atoms with E-state index in [1.807, 2.05) is 48.5 Å². The Hall–Kier alpha value is -2.49. The van der Waals surface area contributed by atoms with Crippen LogP contribution in [0, 0.1) is 0 Å². The monoisotopic (exact) mass is 480 g/mol. The maximum atomic E-state index is 5.35. The number of furan rings is 2. The Bertz CT molecular complexity index is 1160. The van der Waals surface area contributed by atoms with Gasteiger partial charge in [-0.25, -0.2) is 0 Å². The van der Waals surface area contributed by atoms with E-state index in [0.29, 0.717) is 0 Å². The first-order valence-electron chi connectivity index (χ1n) is 9.63. The molecule has 0 saturated carbocycles. The van der Waals surface area contributed by atoms with Crippen LogP contribution >= 0.6 is 18.6 Å². The van der Waals surface area contributed by atoms with Gasteiger partial charge in [0.25, 0.3) is 0 Å². The molecule has 5 heteroatoms. The van der Waals surface area contributed by atoms with Gasteiger partial charge in [-0.15, -0.1) is 57.9 Å². The first-order valence-corrected chi connectivity index (χ1v) is 13.9. The third-order valence-corrected chi connectivity index (χ3v) is 4.85. The predicted molar refractivity (Wildman–Crippen MR) is 126 cm³/mol. The fraction of sp³-hybridized carbons (Fsp3) is 0. The van der Waals surface area contributed by atoms with Crippen molar-refractivity contribution in [2.45, 2.75) is 0 Å². The van der Waals surface area contributed by atoms with Crippen LogP contribution in [0.2, 0.25) is 0 Å². The van der Waals surface area contributed by atoms with Gasteiger partial charge in [-0.3, -0.25) is 0 Å². The van der Waals surface area contributed by atoms with Gasteiger partial charge in [0, 0.05) is 0 Å². The summed E-state index contributed by atoms with van der Waals surface area (Å²) in [6, 6.07) is 33.0. The molecule has 0 atom stereocenters. The first-order chi connectivity index (χ1) is 15.3. The van der Waals surface area contributed by atoms with Crippen LogP contribution in [-0.4, -0.2) is 0 Å². The van der Waals surface area contributed by atoms with Crippen LogP contribution in [0.4, 0.5) is 0 Å². The summed E-state index contributed by atoms with van der Waals surface area (Å²) >= 11 is -0.556. The number of hydrogen-bond donors (Lipinski definition) is 0. The summed E-state index contributed by atoms with van der Waals surface area (Å²) in [6.07, 6.45) is 3.40. The molecule has 2 heterocycles. The Morgan fingerprint density at radius 3 is 1.35 bits per heavy atom. The standard InChI is InChI=1S/2C13H9O.2ClH.Ti/c2*1-2-5-11-9-12(8-10(11)4-1)13-6-3-7-14-13;;;/h2*1-9H;2*1H;/q2*-1;;;+2/p-2. The van der Waals surface area contributed by atoms with E-state index in [4.69, 9.17) is 27.4 Å². The number of halogens is 2. The van der Waals surface area contributed by atoms with Gasteiger partial charge in [-0.1, -0.05) is 59.7 Å². The molecule has 0 N–H and O–H groups in total. The van der Waals surface area contributed by atoms with Crippen molar-refractivity contribution in [1.29, 1.82) is 0 Å². The smallest absolute Gasteiger partial charge is 0.0796 e. The van der Waals surface area contributed by atoms with Crippen molar-refractivity contribution in [3.8, 4) is 22.6 Å². The minimum Gasteiger partial charge on any atom is -0.499 e. The van der Waals surface area contributed by atoms with Crippen molar-refractivity contribution in [3.05, 3.63) is 110 Å². The fourth-order valence-corrected chi connectivity index (χ4v) is 3.47. The minimum atomic E-state index is -0.556. The van der Waals surface area contributed by atoms with E-state index in [-0.39, 0.29) is 0 Å². The van der Waals surface area contributed by atoms with Crippen molar-refractivity contribution in [2.75, 3.05) is 0 Å². The van der Waals surface area contributed by atoms with Gasteiger partial charge in [0.2, 0.25) is 0 Å². The average molecular weight is 481 g/mol. The first kappa shape index (κ1) is 21.7. The topological polar surface area (TPSA) is 26.3 Å². The van der Waals surface area contributed by atoms with E-state index >= 15 is 0 Å². The van der Waals surface area contributed by atoms with Crippen molar-refractivity contribution >= 4 is 40.2 Å². The van der Waals surface area contributed by atoms with E-state index in [0.717, 1.165) is 22.6 Å². The summed E-state index contributed by atoms with van der Waals surface area (Å²) in [6.45, 7) is 0. The van der Waals surface area contributed by atoms with Gasteiger partial charge < -0.3 is 8.83 Å². The van der Waals surface area contributed by atoms with Crippen LogP contribution in [0.1, 0.15) is 0 Å². The molecular weight excluding hydrogens is 463 g/mol. The Balaban J connectivity index is 0.000000133. The van der Waals surface area contributed by atoms with E-state index in [1.54, 1.807) is 12.5 Å². The summed E-state index contributed by atoms with van der Waals surface area (Å²) in [5, 5.41) is 5.05. The molecule has 2 nitrogen and oxygen atoms in total. The number of rotatable bonds is 2. The van der Waals surface area contributed by atoms with Crippen LogP contribution in [0.25, 0.3) is 44.2 Å². The van der Waals surface area contributed by atoms with E-state index in [9.17, 15) is 0 Å². The maximum absolute atomic E-state index is 5.35. The molecule has 0 aliphatic carbocycles. The Kier molecular flexibility index (Phi) is 7.50. The minimum absolute atomic E-state index is 0.556. The predicted octanol–water partition coefficient (Wildman–Crippen LogP) is 9.01. The second kappa shape index (κ2) is 10.7. The molecule has 2 aromatic heterocycles. The zero-order valence-electron chi connectivity index (χ0n) is 16.5. The molecular formula is C26H18Cl2O2Ti-2. The molecule has 4 aromatic carbocycles. The van der Waals surface area contributed by atoms with Gasteiger partial charge in [0.15, 0.2) is 0 Å². The average Bonchev–Trinajstić information content (AvgIpc) is 3.60. The summed E-state index contributed by atoms with van der Waals surface area (Å²) < 4.78 is 10.7. The van der Waals surface area contributed by atoms with Crippen LogP contribution in [0.5, 0.6) is 0 Å². The maximum Gasteiger partial charge on any atom is 0.0796 e. The second-order valence-corrected chi connectivity index (χ2v) is 9.35. The molecule has 154 valence electrons. The normalized spacial score (nSPS) is 10.3. The summed E-state index contributed by atoms with van der Waals surface area (Å²) in [5.41, 5.74) is 2.30. The molecule has 0 bridgehead atoms. The third-order valence-electron chi connectivity index (χ3n) is 4.85. The van der Waals surface area contributed by atoms with E-state index in [2.05, 4.69) is 48.5 Å². The summed E-state index contributed by atoms with van der Waals surface area (Å²) in [4.78, 5) is 0.